The van der Waals surface area contributed by atoms with Crippen molar-refractivity contribution in [1.29, 1.82) is 0 Å². The first kappa shape index (κ1) is 10.5. The van der Waals surface area contributed by atoms with Crippen LogP contribution in [-0.2, 0) is 13.6 Å². The molecule has 84 valence electrons. The van der Waals surface area contributed by atoms with Crippen LogP contribution >= 0.6 is 0 Å². The van der Waals surface area contributed by atoms with Crippen LogP contribution < -0.4 is 11.3 Å². The van der Waals surface area contributed by atoms with Gasteiger partial charge >= 0.3 is 0 Å². The molecule has 0 spiro atoms. The Hall–Kier alpha value is -2.04. The third-order valence-electron chi connectivity index (χ3n) is 2.44. The molecule has 0 unspecified atom stereocenters. The van der Waals surface area contributed by atoms with Gasteiger partial charge in [0, 0.05) is 25.0 Å². The van der Waals surface area contributed by atoms with Crippen molar-refractivity contribution in [3.05, 3.63) is 46.1 Å². The lowest BCUT2D eigenvalue weighted by molar-refractivity contribution is 0.652. The maximum atomic E-state index is 11.6. The Bertz CT molecular complexity index is 568. The van der Waals surface area contributed by atoms with E-state index in [2.05, 4.69) is 5.10 Å². The molecular formula is C11H14N4O. The second-order valence-electron chi connectivity index (χ2n) is 3.83. The molecule has 0 aliphatic rings. The number of hydrogen-bond acceptors (Lipinski definition) is 3. The molecule has 0 saturated carbocycles. The van der Waals surface area contributed by atoms with E-state index in [1.807, 2.05) is 20.0 Å². The van der Waals surface area contributed by atoms with E-state index in [0.717, 1.165) is 11.4 Å². The molecule has 2 heterocycles. The molecule has 2 aromatic rings. The van der Waals surface area contributed by atoms with Gasteiger partial charge in [0.15, 0.2) is 0 Å². The standard InChI is InChI=1S/C11H14N4O/c1-8-5-10(14(2)13-8)7-15-6-9(12)3-4-11(15)16/h3-6H,7,12H2,1-2H3. The fourth-order valence-corrected chi connectivity index (χ4v) is 1.66. The second kappa shape index (κ2) is 3.84. The molecule has 0 amide bonds. The van der Waals surface area contributed by atoms with Crippen molar-refractivity contribution in [2.75, 3.05) is 5.73 Å². The van der Waals surface area contributed by atoms with Crippen LogP contribution in [0.5, 0.6) is 0 Å². The van der Waals surface area contributed by atoms with Crippen LogP contribution in [-0.4, -0.2) is 14.3 Å². The number of nitrogens with zero attached hydrogens (tertiary/aromatic N) is 3. The molecule has 5 heteroatoms. The number of nitrogens with two attached hydrogens (primary N) is 1. The molecule has 0 bridgehead atoms. The van der Waals surface area contributed by atoms with Crippen LogP contribution in [0.25, 0.3) is 0 Å². The predicted octanol–water partition coefficient (Wildman–Crippen LogP) is 0.521. The smallest absolute Gasteiger partial charge is 0.251 e. The zero-order chi connectivity index (χ0) is 11.7. The first-order valence-corrected chi connectivity index (χ1v) is 5.02. The number of hydrogen-bond donors (Lipinski definition) is 1. The highest BCUT2D eigenvalue weighted by atomic mass is 16.1. The summed E-state index contributed by atoms with van der Waals surface area (Å²) in [5.74, 6) is 0. The third-order valence-corrected chi connectivity index (χ3v) is 2.44. The van der Waals surface area contributed by atoms with Gasteiger partial charge in [0.1, 0.15) is 0 Å². The summed E-state index contributed by atoms with van der Waals surface area (Å²) in [7, 11) is 1.86. The van der Waals surface area contributed by atoms with Gasteiger partial charge in [-0.05, 0) is 19.1 Å². The van der Waals surface area contributed by atoms with Crippen LogP contribution in [0, 0.1) is 6.92 Å². The monoisotopic (exact) mass is 218 g/mol. The van der Waals surface area contributed by atoms with Crippen LogP contribution in [0.3, 0.4) is 0 Å². The Balaban J connectivity index is 2.37. The molecule has 2 rings (SSSR count). The van der Waals surface area contributed by atoms with Crippen LogP contribution in [0.4, 0.5) is 5.69 Å². The Labute approximate surface area is 93.1 Å². The molecule has 0 aliphatic carbocycles. The van der Waals surface area contributed by atoms with E-state index in [4.69, 9.17) is 5.73 Å². The maximum Gasteiger partial charge on any atom is 0.251 e. The first-order valence-electron chi connectivity index (χ1n) is 5.02. The summed E-state index contributed by atoms with van der Waals surface area (Å²) in [6, 6.07) is 5.03. The number of pyridine rings is 1. The van der Waals surface area contributed by atoms with Crippen molar-refractivity contribution in [2.24, 2.45) is 7.05 Å². The first-order chi connectivity index (χ1) is 7.56. The van der Waals surface area contributed by atoms with Gasteiger partial charge in [-0.2, -0.15) is 5.10 Å². The summed E-state index contributed by atoms with van der Waals surface area (Å²) in [6.45, 7) is 2.41. The van der Waals surface area contributed by atoms with E-state index in [1.54, 1.807) is 21.5 Å². The average Bonchev–Trinajstić information content (AvgIpc) is 2.51. The zero-order valence-corrected chi connectivity index (χ0v) is 9.34. The minimum atomic E-state index is -0.0620. The SMILES string of the molecule is Cc1cc(Cn2cc(N)ccc2=O)n(C)n1. The lowest BCUT2D eigenvalue weighted by Gasteiger charge is -2.06. The lowest BCUT2D eigenvalue weighted by Crippen LogP contribution is -2.20. The highest BCUT2D eigenvalue weighted by molar-refractivity contribution is 5.33. The third kappa shape index (κ3) is 1.98. The van der Waals surface area contributed by atoms with Crippen molar-refractivity contribution in [3.8, 4) is 0 Å². The summed E-state index contributed by atoms with van der Waals surface area (Å²) in [5, 5.41) is 4.23. The summed E-state index contributed by atoms with van der Waals surface area (Å²) < 4.78 is 3.34. The molecule has 16 heavy (non-hydrogen) atoms. The van der Waals surface area contributed by atoms with E-state index in [-0.39, 0.29) is 5.56 Å². The molecule has 0 saturated heterocycles. The van der Waals surface area contributed by atoms with Gasteiger partial charge in [0.25, 0.3) is 5.56 Å². The Morgan fingerprint density at radius 3 is 2.81 bits per heavy atom. The highest BCUT2D eigenvalue weighted by Crippen LogP contribution is 2.04. The molecular weight excluding hydrogens is 204 g/mol. The lowest BCUT2D eigenvalue weighted by atomic mass is 10.3. The Morgan fingerprint density at radius 2 is 2.19 bits per heavy atom. The normalized spacial score (nSPS) is 10.6. The summed E-state index contributed by atoms with van der Waals surface area (Å²) in [6.07, 6.45) is 1.64. The zero-order valence-electron chi connectivity index (χ0n) is 9.34. The number of aromatic nitrogens is 3. The van der Waals surface area contributed by atoms with Gasteiger partial charge < -0.3 is 10.3 Å². The van der Waals surface area contributed by atoms with E-state index < -0.39 is 0 Å². The maximum absolute atomic E-state index is 11.6. The largest absolute Gasteiger partial charge is 0.398 e. The summed E-state index contributed by atoms with van der Waals surface area (Å²) >= 11 is 0. The van der Waals surface area contributed by atoms with E-state index in [9.17, 15) is 4.79 Å². The van der Waals surface area contributed by atoms with E-state index >= 15 is 0 Å². The highest BCUT2D eigenvalue weighted by Gasteiger charge is 2.04. The van der Waals surface area contributed by atoms with Crippen molar-refractivity contribution in [2.45, 2.75) is 13.5 Å². The molecule has 0 radical (unpaired) electrons. The second-order valence-corrected chi connectivity index (χ2v) is 3.83. The van der Waals surface area contributed by atoms with Gasteiger partial charge in [-0.15, -0.1) is 0 Å². The van der Waals surface area contributed by atoms with E-state index in [1.165, 1.54) is 6.07 Å². The van der Waals surface area contributed by atoms with Gasteiger partial charge in [-0.25, -0.2) is 0 Å². The molecule has 0 aliphatic heterocycles. The van der Waals surface area contributed by atoms with Gasteiger partial charge in [-0.3, -0.25) is 9.48 Å². The van der Waals surface area contributed by atoms with Gasteiger partial charge in [0.2, 0.25) is 0 Å². The quantitative estimate of drug-likeness (QED) is 0.799. The molecule has 5 nitrogen and oxygen atoms in total. The van der Waals surface area contributed by atoms with Gasteiger partial charge in [0.05, 0.1) is 17.9 Å². The fraction of sp³-hybridized carbons (Fsp3) is 0.273. The molecule has 2 aromatic heterocycles. The van der Waals surface area contributed by atoms with Crippen molar-refractivity contribution < 1.29 is 0 Å². The molecule has 0 aromatic carbocycles. The average molecular weight is 218 g/mol. The van der Waals surface area contributed by atoms with Crippen molar-refractivity contribution in [1.82, 2.24) is 14.3 Å². The number of nitrogen functional groups attached to an aromatic ring is 1. The number of rotatable bonds is 2. The molecule has 0 fully saturated rings. The Morgan fingerprint density at radius 1 is 1.44 bits per heavy atom. The molecule has 2 N–H and O–H groups in total. The molecule has 0 atom stereocenters. The number of aryl methyl sites for hydroxylation is 2. The van der Waals surface area contributed by atoms with E-state index in [0.29, 0.717) is 12.2 Å². The fourth-order valence-electron chi connectivity index (χ4n) is 1.66. The summed E-state index contributed by atoms with van der Waals surface area (Å²) in [4.78, 5) is 11.6. The van der Waals surface area contributed by atoms with Crippen LogP contribution in [0.1, 0.15) is 11.4 Å². The van der Waals surface area contributed by atoms with Crippen molar-refractivity contribution in [3.63, 3.8) is 0 Å². The number of anilines is 1. The van der Waals surface area contributed by atoms with Crippen LogP contribution in [0.15, 0.2) is 29.2 Å². The Kier molecular flexibility index (Phi) is 2.52. The minimum Gasteiger partial charge on any atom is -0.398 e. The van der Waals surface area contributed by atoms with Gasteiger partial charge in [-0.1, -0.05) is 0 Å². The minimum absolute atomic E-state index is 0.0620. The van der Waals surface area contributed by atoms with Crippen molar-refractivity contribution >= 4 is 5.69 Å². The summed E-state index contributed by atoms with van der Waals surface area (Å²) in [5.41, 5.74) is 8.08. The van der Waals surface area contributed by atoms with Crippen LogP contribution in [0.2, 0.25) is 0 Å². The topological polar surface area (TPSA) is 65.8 Å². The predicted molar refractivity (Wildman–Crippen MR) is 62.2 cm³/mol.